The molecule has 0 bridgehead atoms. The van der Waals surface area contributed by atoms with Gasteiger partial charge in [-0.05, 0) is 46.3 Å². The Balaban J connectivity index is 2.38. The summed E-state index contributed by atoms with van der Waals surface area (Å²) in [6.45, 7) is 0. The standard InChI is InChI=1S/C13H12BrN3O3/c1-20-12-6-5-8(7-9(12)14)16-11-4-2-3-10(15)13(11)17(18)19/h2-7,16H,15H2,1H3. The number of para-hydroxylation sites is 1. The van der Waals surface area contributed by atoms with Crippen molar-refractivity contribution in [1.29, 1.82) is 0 Å². The number of hydrogen-bond donors (Lipinski definition) is 2. The molecule has 0 fully saturated rings. The van der Waals surface area contributed by atoms with Gasteiger partial charge in [0.15, 0.2) is 0 Å². The number of hydrogen-bond acceptors (Lipinski definition) is 5. The molecule has 104 valence electrons. The Hall–Kier alpha value is -2.28. The number of nitro benzene ring substituents is 1. The maximum Gasteiger partial charge on any atom is 0.315 e. The maximum absolute atomic E-state index is 11.1. The number of methoxy groups -OCH3 is 1. The summed E-state index contributed by atoms with van der Waals surface area (Å²) in [7, 11) is 1.57. The minimum atomic E-state index is -0.504. The molecule has 3 N–H and O–H groups in total. The normalized spacial score (nSPS) is 10.1. The van der Waals surface area contributed by atoms with Crippen molar-refractivity contribution in [3.05, 3.63) is 51.0 Å². The van der Waals surface area contributed by atoms with Crippen LogP contribution in [0.25, 0.3) is 0 Å². The van der Waals surface area contributed by atoms with Crippen LogP contribution in [0.2, 0.25) is 0 Å². The molecule has 2 aromatic rings. The van der Waals surface area contributed by atoms with Crippen LogP contribution in [0, 0.1) is 10.1 Å². The van der Waals surface area contributed by atoms with Crippen molar-refractivity contribution in [2.75, 3.05) is 18.2 Å². The summed E-state index contributed by atoms with van der Waals surface area (Å²) in [6, 6.07) is 10.0. The molecule has 0 aliphatic rings. The van der Waals surface area contributed by atoms with Gasteiger partial charge >= 0.3 is 5.69 Å². The number of nitrogen functional groups attached to an aromatic ring is 1. The Kier molecular flexibility index (Phi) is 4.09. The number of nitro groups is 1. The van der Waals surface area contributed by atoms with Gasteiger partial charge in [0.2, 0.25) is 0 Å². The first kappa shape index (κ1) is 14.1. The zero-order chi connectivity index (χ0) is 14.7. The molecular formula is C13H12BrN3O3. The molecule has 0 unspecified atom stereocenters. The van der Waals surface area contributed by atoms with Crippen molar-refractivity contribution in [3.63, 3.8) is 0 Å². The fourth-order valence-electron chi connectivity index (χ4n) is 1.77. The molecule has 0 heterocycles. The number of nitrogens with two attached hydrogens (primary N) is 1. The van der Waals surface area contributed by atoms with E-state index < -0.39 is 4.92 Å². The average molecular weight is 338 g/mol. The van der Waals surface area contributed by atoms with E-state index >= 15 is 0 Å². The largest absolute Gasteiger partial charge is 0.496 e. The van der Waals surface area contributed by atoms with Gasteiger partial charge < -0.3 is 15.8 Å². The minimum Gasteiger partial charge on any atom is -0.496 e. The Morgan fingerprint density at radius 1 is 1.35 bits per heavy atom. The van der Waals surface area contributed by atoms with Gasteiger partial charge in [-0.1, -0.05) is 6.07 Å². The average Bonchev–Trinajstić information content (AvgIpc) is 2.38. The highest BCUT2D eigenvalue weighted by Gasteiger charge is 2.17. The molecule has 0 aromatic heterocycles. The minimum absolute atomic E-state index is 0.118. The van der Waals surface area contributed by atoms with Crippen LogP contribution in [0.5, 0.6) is 5.75 Å². The van der Waals surface area contributed by atoms with Crippen LogP contribution >= 0.6 is 15.9 Å². The lowest BCUT2D eigenvalue weighted by atomic mass is 10.2. The first-order chi connectivity index (χ1) is 9.52. The highest BCUT2D eigenvalue weighted by molar-refractivity contribution is 9.10. The molecule has 0 saturated heterocycles. The molecule has 0 saturated carbocycles. The third-order valence-corrected chi connectivity index (χ3v) is 3.30. The quantitative estimate of drug-likeness (QED) is 0.504. The summed E-state index contributed by atoms with van der Waals surface area (Å²) >= 11 is 3.36. The zero-order valence-electron chi connectivity index (χ0n) is 10.6. The molecule has 0 aliphatic carbocycles. The smallest absolute Gasteiger partial charge is 0.315 e. The van der Waals surface area contributed by atoms with E-state index in [-0.39, 0.29) is 11.4 Å². The number of halogens is 1. The number of anilines is 3. The molecule has 0 aliphatic heterocycles. The maximum atomic E-state index is 11.1. The van der Waals surface area contributed by atoms with Crippen molar-refractivity contribution < 1.29 is 9.66 Å². The molecule has 6 nitrogen and oxygen atoms in total. The van der Waals surface area contributed by atoms with E-state index in [0.29, 0.717) is 17.1 Å². The van der Waals surface area contributed by atoms with Crippen molar-refractivity contribution in [3.8, 4) is 5.75 Å². The Morgan fingerprint density at radius 2 is 2.10 bits per heavy atom. The molecule has 2 rings (SSSR count). The number of nitrogens with zero attached hydrogens (tertiary/aromatic N) is 1. The van der Waals surface area contributed by atoms with Crippen LogP contribution in [0.4, 0.5) is 22.7 Å². The second-order valence-corrected chi connectivity index (χ2v) is 4.83. The van der Waals surface area contributed by atoms with Crippen molar-refractivity contribution >= 4 is 38.7 Å². The van der Waals surface area contributed by atoms with E-state index in [2.05, 4.69) is 21.2 Å². The van der Waals surface area contributed by atoms with E-state index in [4.69, 9.17) is 10.5 Å². The van der Waals surface area contributed by atoms with Crippen molar-refractivity contribution in [1.82, 2.24) is 0 Å². The topological polar surface area (TPSA) is 90.4 Å². The van der Waals surface area contributed by atoms with E-state index in [1.165, 1.54) is 6.07 Å². The van der Waals surface area contributed by atoms with E-state index in [0.717, 1.165) is 4.47 Å². The van der Waals surface area contributed by atoms with Gasteiger partial charge in [0.05, 0.1) is 16.5 Å². The predicted molar refractivity (Wildman–Crippen MR) is 81.5 cm³/mol. The summed E-state index contributed by atoms with van der Waals surface area (Å²) in [6.07, 6.45) is 0. The number of benzene rings is 2. The lowest BCUT2D eigenvalue weighted by Crippen LogP contribution is -2.01. The second kappa shape index (κ2) is 5.79. The van der Waals surface area contributed by atoms with Crippen LogP contribution in [0.3, 0.4) is 0 Å². The summed E-state index contributed by atoms with van der Waals surface area (Å²) in [5, 5.41) is 14.0. The molecule has 0 spiro atoms. The summed E-state index contributed by atoms with van der Waals surface area (Å²) in [5.74, 6) is 0.678. The monoisotopic (exact) mass is 337 g/mol. The van der Waals surface area contributed by atoms with Crippen LogP contribution < -0.4 is 15.8 Å². The third kappa shape index (κ3) is 2.83. The number of nitrogens with one attached hydrogen (secondary N) is 1. The highest BCUT2D eigenvalue weighted by Crippen LogP contribution is 2.34. The van der Waals surface area contributed by atoms with E-state index in [1.807, 2.05) is 0 Å². The van der Waals surface area contributed by atoms with Crippen LogP contribution in [0.15, 0.2) is 40.9 Å². The van der Waals surface area contributed by atoms with Gasteiger partial charge in [0, 0.05) is 5.69 Å². The molecular weight excluding hydrogens is 326 g/mol. The van der Waals surface area contributed by atoms with Gasteiger partial charge in [-0.3, -0.25) is 10.1 Å². The predicted octanol–water partition coefficient (Wildman–Crippen LogP) is 3.69. The number of rotatable bonds is 4. The summed E-state index contributed by atoms with van der Waals surface area (Å²) in [4.78, 5) is 10.6. The zero-order valence-corrected chi connectivity index (χ0v) is 12.2. The molecule has 7 heteroatoms. The lowest BCUT2D eigenvalue weighted by molar-refractivity contribution is -0.383. The van der Waals surface area contributed by atoms with E-state index in [1.54, 1.807) is 37.4 Å². The first-order valence-electron chi connectivity index (χ1n) is 5.66. The number of ether oxygens (including phenoxy) is 1. The molecule has 0 amide bonds. The molecule has 0 radical (unpaired) electrons. The third-order valence-electron chi connectivity index (χ3n) is 2.68. The Labute approximate surface area is 123 Å². The van der Waals surface area contributed by atoms with Crippen LogP contribution in [-0.4, -0.2) is 12.0 Å². The van der Waals surface area contributed by atoms with Gasteiger partial charge in [0.1, 0.15) is 17.1 Å². The van der Waals surface area contributed by atoms with Crippen LogP contribution in [-0.2, 0) is 0 Å². The van der Waals surface area contributed by atoms with Crippen LogP contribution in [0.1, 0.15) is 0 Å². The Morgan fingerprint density at radius 3 is 2.70 bits per heavy atom. The summed E-state index contributed by atoms with van der Waals surface area (Å²) < 4.78 is 5.88. The van der Waals surface area contributed by atoms with E-state index in [9.17, 15) is 10.1 Å². The fourth-order valence-corrected chi connectivity index (χ4v) is 2.31. The van der Waals surface area contributed by atoms with Crippen molar-refractivity contribution in [2.45, 2.75) is 0 Å². The SMILES string of the molecule is COc1ccc(Nc2cccc(N)c2[N+](=O)[O-])cc1Br. The molecule has 2 aromatic carbocycles. The van der Waals surface area contributed by atoms with Gasteiger partial charge in [-0.25, -0.2) is 0 Å². The lowest BCUT2D eigenvalue weighted by Gasteiger charge is -2.10. The first-order valence-corrected chi connectivity index (χ1v) is 6.45. The molecule has 0 atom stereocenters. The van der Waals surface area contributed by atoms with Gasteiger partial charge in [0.25, 0.3) is 0 Å². The van der Waals surface area contributed by atoms with Crippen molar-refractivity contribution in [2.24, 2.45) is 0 Å². The molecule has 20 heavy (non-hydrogen) atoms. The fraction of sp³-hybridized carbons (Fsp3) is 0.0769. The summed E-state index contributed by atoms with van der Waals surface area (Å²) in [5.41, 5.74) is 6.65. The highest BCUT2D eigenvalue weighted by atomic mass is 79.9. The van der Waals surface area contributed by atoms with Gasteiger partial charge in [-0.15, -0.1) is 0 Å². The second-order valence-electron chi connectivity index (χ2n) is 3.97. The Bertz CT molecular complexity index is 661. The van der Waals surface area contributed by atoms with Gasteiger partial charge in [-0.2, -0.15) is 0 Å².